The second-order valence-electron chi connectivity index (χ2n) is 3.78. The number of carbonyl (C=O) groups excluding carboxylic acids is 1. The van der Waals surface area contributed by atoms with Crippen LogP contribution in [-0.2, 0) is 4.79 Å². The van der Waals surface area contributed by atoms with Gasteiger partial charge in [0, 0.05) is 17.3 Å². The average molecular weight is 261 g/mol. The van der Waals surface area contributed by atoms with Crippen LogP contribution in [0.2, 0.25) is 0 Å². The van der Waals surface area contributed by atoms with Gasteiger partial charge in [0.05, 0.1) is 4.92 Å². The fourth-order valence-electron chi connectivity index (χ4n) is 1.43. The van der Waals surface area contributed by atoms with Crippen molar-refractivity contribution in [2.24, 2.45) is 0 Å². The zero-order valence-corrected chi connectivity index (χ0v) is 10.3. The minimum absolute atomic E-state index is 0.0626. The molecule has 0 aliphatic rings. The lowest BCUT2D eigenvalue weighted by Gasteiger charge is -2.06. The number of rotatable bonds is 3. The Kier molecular flexibility index (Phi) is 4.21. The Labute approximate surface area is 108 Å². The normalized spacial score (nSPS) is 11.2. The van der Waals surface area contributed by atoms with Gasteiger partial charge in [0.1, 0.15) is 11.8 Å². The first-order valence-electron chi connectivity index (χ1n) is 5.23. The van der Waals surface area contributed by atoms with Crippen molar-refractivity contribution < 1.29 is 14.8 Å². The highest BCUT2D eigenvalue weighted by Gasteiger charge is 2.15. The third-order valence-corrected chi connectivity index (χ3v) is 2.35. The smallest absolute Gasteiger partial charge is 0.272 e. The minimum atomic E-state index is -0.768. The third kappa shape index (κ3) is 3.29. The average Bonchev–Trinajstić information content (AvgIpc) is 2.28. The second kappa shape index (κ2) is 5.64. The number of hydrogen-bond donors (Lipinski definition) is 2. The molecule has 7 heteroatoms. The fraction of sp³-hybridized carbons (Fsp3) is 0.167. The number of nitro groups is 1. The molecule has 1 amide bonds. The quantitative estimate of drug-likeness (QED) is 0.284. The molecule has 0 aliphatic heterocycles. The number of aliphatic hydroxyl groups is 1. The monoisotopic (exact) mass is 261 g/mol. The van der Waals surface area contributed by atoms with E-state index < -0.39 is 22.2 Å². The molecule has 0 heterocycles. The summed E-state index contributed by atoms with van der Waals surface area (Å²) < 4.78 is 0. The Morgan fingerprint density at radius 3 is 2.58 bits per heavy atom. The topological polar surface area (TPSA) is 116 Å². The number of benzene rings is 1. The minimum Gasteiger partial charge on any atom is -0.511 e. The fourth-order valence-corrected chi connectivity index (χ4v) is 1.43. The summed E-state index contributed by atoms with van der Waals surface area (Å²) in [4.78, 5) is 21.7. The summed E-state index contributed by atoms with van der Waals surface area (Å²) in [6, 6.07) is 5.60. The van der Waals surface area contributed by atoms with Gasteiger partial charge in [-0.1, -0.05) is 0 Å². The molecule has 0 saturated heterocycles. The van der Waals surface area contributed by atoms with Crippen LogP contribution in [0, 0.1) is 28.4 Å². The number of nitro benzene ring substituents is 1. The summed E-state index contributed by atoms with van der Waals surface area (Å²) in [5.41, 5.74) is 0.219. The molecule has 98 valence electrons. The van der Waals surface area contributed by atoms with E-state index in [0.29, 0.717) is 11.3 Å². The van der Waals surface area contributed by atoms with Crippen molar-refractivity contribution in [2.75, 3.05) is 5.32 Å². The Morgan fingerprint density at radius 1 is 1.53 bits per heavy atom. The zero-order chi connectivity index (χ0) is 14.6. The maximum Gasteiger partial charge on any atom is 0.272 e. The van der Waals surface area contributed by atoms with Crippen LogP contribution in [-0.4, -0.2) is 15.9 Å². The van der Waals surface area contributed by atoms with E-state index in [0.717, 1.165) is 0 Å². The Balaban J connectivity index is 3.00. The predicted molar refractivity (Wildman–Crippen MR) is 67.4 cm³/mol. The number of aliphatic hydroxyl groups excluding tert-OH is 1. The standard InChI is InChI=1S/C12H11N3O4/c1-7-5-9(3-4-11(7)15(18)19)14-12(17)10(6-13)8(2)16/h3-5,16H,1-2H3,(H,14,17)/b10-8-. The van der Waals surface area contributed by atoms with Gasteiger partial charge in [-0.15, -0.1) is 0 Å². The highest BCUT2D eigenvalue weighted by molar-refractivity contribution is 6.06. The van der Waals surface area contributed by atoms with Crippen LogP contribution < -0.4 is 5.32 Å². The molecule has 0 spiro atoms. The Hall–Kier alpha value is -2.88. The zero-order valence-electron chi connectivity index (χ0n) is 10.3. The number of carbonyl (C=O) groups is 1. The SMILES string of the molecule is C/C(O)=C(\C#N)C(=O)Nc1ccc([N+](=O)[O-])c(C)c1. The van der Waals surface area contributed by atoms with Crippen LogP contribution in [0.1, 0.15) is 12.5 Å². The molecule has 19 heavy (non-hydrogen) atoms. The highest BCUT2D eigenvalue weighted by Crippen LogP contribution is 2.21. The van der Waals surface area contributed by atoms with E-state index in [1.807, 2.05) is 0 Å². The van der Waals surface area contributed by atoms with Crippen LogP contribution in [0.4, 0.5) is 11.4 Å². The first-order valence-corrected chi connectivity index (χ1v) is 5.23. The molecule has 0 bridgehead atoms. The largest absolute Gasteiger partial charge is 0.511 e. The summed E-state index contributed by atoms with van der Waals surface area (Å²) in [6.07, 6.45) is 0. The molecule has 1 aromatic rings. The molecule has 0 fully saturated rings. The van der Waals surface area contributed by atoms with E-state index >= 15 is 0 Å². The Bertz CT molecular complexity index is 610. The molecule has 0 saturated carbocycles. The van der Waals surface area contributed by atoms with Crippen molar-refractivity contribution in [3.8, 4) is 6.07 Å². The number of hydrogen-bond acceptors (Lipinski definition) is 5. The summed E-state index contributed by atoms with van der Waals surface area (Å²) in [5.74, 6) is -1.16. The molecular formula is C12H11N3O4. The second-order valence-corrected chi connectivity index (χ2v) is 3.78. The van der Waals surface area contributed by atoms with Gasteiger partial charge in [-0.3, -0.25) is 14.9 Å². The molecule has 2 N–H and O–H groups in total. The van der Waals surface area contributed by atoms with Crippen LogP contribution in [0.15, 0.2) is 29.5 Å². The van der Waals surface area contributed by atoms with Crippen molar-refractivity contribution >= 4 is 17.3 Å². The summed E-state index contributed by atoms with van der Waals surface area (Å²) in [6.45, 7) is 2.76. The van der Waals surface area contributed by atoms with Crippen LogP contribution in [0.25, 0.3) is 0 Å². The van der Waals surface area contributed by atoms with Gasteiger partial charge in [0.2, 0.25) is 0 Å². The summed E-state index contributed by atoms with van der Waals surface area (Å²) in [7, 11) is 0. The van der Waals surface area contributed by atoms with Crippen LogP contribution in [0.5, 0.6) is 0 Å². The lowest BCUT2D eigenvalue weighted by Crippen LogP contribution is -2.15. The van der Waals surface area contributed by atoms with E-state index in [-0.39, 0.29) is 5.69 Å². The summed E-state index contributed by atoms with van der Waals surface area (Å²) >= 11 is 0. The van der Waals surface area contributed by atoms with Gasteiger partial charge in [-0.25, -0.2) is 0 Å². The lowest BCUT2D eigenvalue weighted by molar-refractivity contribution is -0.385. The van der Waals surface area contributed by atoms with Gasteiger partial charge >= 0.3 is 0 Å². The Morgan fingerprint density at radius 2 is 2.16 bits per heavy atom. The molecular weight excluding hydrogens is 250 g/mol. The maximum atomic E-state index is 11.6. The molecule has 0 atom stereocenters. The van der Waals surface area contributed by atoms with E-state index in [9.17, 15) is 14.9 Å². The van der Waals surface area contributed by atoms with Crippen molar-refractivity contribution in [3.05, 3.63) is 45.2 Å². The number of amides is 1. The molecule has 1 aromatic carbocycles. The first-order chi connectivity index (χ1) is 8.86. The first kappa shape index (κ1) is 14.2. The molecule has 0 aromatic heterocycles. The highest BCUT2D eigenvalue weighted by atomic mass is 16.6. The lowest BCUT2D eigenvalue weighted by atomic mass is 10.1. The number of aryl methyl sites for hydroxylation is 1. The van der Waals surface area contributed by atoms with Gasteiger partial charge < -0.3 is 10.4 Å². The number of allylic oxidation sites excluding steroid dienone is 1. The molecule has 1 rings (SSSR count). The van der Waals surface area contributed by atoms with E-state index in [1.165, 1.54) is 32.0 Å². The van der Waals surface area contributed by atoms with E-state index in [4.69, 9.17) is 10.4 Å². The van der Waals surface area contributed by atoms with Gasteiger partial charge in [0.25, 0.3) is 11.6 Å². The molecule has 7 nitrogen and oxygen atoms in total. The number of nitrogens with zero attached hydrogens (tertiary/aromatic N) is 2. The molecule has 0 aliphatic carbocycles. The van der Waals surface area contributed by atoms with Gasteiger partial charge in [0.15, 0.2) is 5.57 Å². The van der Waals surface area contributed by atoms with Crippen LogP contribution >= 0.6 is 0 Å². The number of anilines is 1. The van der Waals surface area contributed by atoms with Crippen molar-refractivity contribution in [3.63, 3.8) is 0 Å². The van der Waals surface area contributed by atoms with Crippen molar-refractivity contribution in [1.82, 2.24) is 0 Å². The van der Waals surface area contributed by atoms with E-state index in [1.54, 1.807) is 6.07 Å². The van der Waals surface area contributed by atoms with Gasteiger partial charge in [-0.05, 0) is 26.0 Å². The molecule has 0 unspecified atom stereocenters. The predicted octanol–water partition coefficient (Wildman–Crippen LogP) is 2.20. The molecule has 0 radical (unpaired) electrons. The van der Waals surface area contributed by atoms with Gasteiger partial charge in [-0.2, -0.15) is 5.26 Å². The van der Waals surface area contributed by atoms with E-state index in [2.05, 4.69) is 5.32 Å². The van der Waals surface area contributed by atoms with Crippen molar-refractivity contribution in [1.29, 1.82) is 5.26 Å². The number of nitrogens with one attached hydrogen (secondary N) is 1. The number of nitriles is 1. The van der Waals surface area contributed by atoms with Crippen molar-refractivity contribution in [2.45, 2.75) is 13.8 Å². The maximum absolute atomic E-state index is 11.6. The summed E-state index contributed by atoms with van der Waals surface area (Å²) in [5, 5.41) is 30.9. The third-order valence-electron chi connectivity index (χ3n) is 2.35. The van der Waals surface area contributed by atoms with Crippen LogP contribution in [0.3, 0.4) is 0 Å².